The number of fused-ring (bicyclic) bond motifs is 1. The van der Waals surface area contributed by atoms with Crippen molar-refractivity contribution in [2.45, 2.75) is 19.8 Å². The smallest absolute Gasteiger partial charge is 0.197 e. The van der Waals surface area contributed by atoms with Crippen molar-refractivity contribution in [3.8, 4) is 11.1 Å². The molecule has 0 atom stereocenters. The van der Waals surface area contributed by atoms with E-state index >= 15 is 0 Å². The van der Waals surface area contributed by atoms with Gasteiger partial charge in [-0.15, -0.1) is 0 Å². The molecule has 2 nitrogen and oxygen atoms in total. The van der Waals surface area contributed by atoms with Gasteiger partial charge in [0.15, 0.2) is 11.6 Å². The third-order valence-electron chi connectivity index (χ3n) is 3.97. The summed E-state index contributed by atoms with van der Waals surface area (Å²) in [7, 11) is 0. The number of hydrogen-bond donors (Lipinski definition) is 0. The summed E-state index contributed by atoms with van der Waals surface area (Å²) in [6, 6.07) is 13.5. The Morgan fingerprint density at radius 2 is 1.48 bits per heavy atom. The lowest BCUT2D eigenvalue weighted by Crippen LogP contribution is -1.98. The van der Waals surface area contributed by atoms with Crippen LogP contribution in [0.4, 0.5) is 0 Å². The van der Waals surface area contributed by atoms with Crippen LogP contribution >= 0.6 is 0 Å². The fraction of sp³-hybridized carbons (Fsp3) is 0.158. The van der Waals surface area contributed by atoms with Gasteiger partial charge in [-0.2, -0.15) is 0 Å². The first kappa shape index (κ1) is 13.5. The third-order valence-corrected chi connectivity index (χ3v) is 3.97. The Morgan fingerprint density at radius 1 is 0.857 bits per heavy atom. The zero-order chi connectivity index (χ0) is 15.1. The number of ketones is 2. The van der Waals surface area contributed by atoms with Crippen LogP contribution in [0.25, 0.3) is 11.1 Å². The number of Topliss-reactive ketones (excluding diaryl/α,β-unsaturated/α-hetero) is 2. The van der Waals surface area contributed by atoms with Gasteiger partial charge in [0.1, 0.15) is 0 Å². The number of rotatable bonds is 2. The van der Waals surface area contributed by atoms with Gasteiger partial charge in [-0.25, -0.2) is 0 Å². The lowest BCUT2D eigenvalue weighted by atomic mass is 9.94. The topological polar surface area (TPSA) is 34.1 Å². The molecule has 2 aromatic carbocycles. The molecule has 0 heterocycles. The van der Waals surface area contributed by atoms with E-state index in [1.165, 1.54) is 5.56 Å². The first-order valence-corrected chi connectivity index (χ1v) is 7.02. The normalized spacial score (nSPS) is 14.0. The summed E-state index contributed by atoms with van der Waals surface area (Å²) >= 11 is 0. The summed E-state index contributed by atoms with van der Waals surface area (Å²) in [5.41, 5.74) is 4.03. The van der Waals surface area contributed by atoms with Crippen LogP contribution in [-0.4, -0.2) is 11.6 Å². The molecule has 0 bridgehead atoms. The maximum Gasteiger partial charge on any atom is 0.197 e. The summed E-state index contributed by atoms with van der Waals surface area (Å²) in [5, 5.41) is 0. The lowest BCUT2D eigenvalue weighted by molar-refractivity contribution is 0.0989. The van der Waals surface area contributed by atoms with Crippen molar-refractivity contribution in [3.63, 3.8) is 0 Å². The maximum absolute atomic E-state index is 12.3. The molecule has 2 heteroatoms. The molecule has 104 valence electrons. The van der Waals surface area contributed by atoms with Crippen LogP contribution in [0, 0.1) is 0 Å². The van der Waals surface area contributed by atoms with Crippen LogP contribution in [0.3, 0.4) is 0 Å². The van der Waals surface area contributed by atoms with Gasteiger partial charge in [0.05, 0.1) is 5.57 Å². The molecule has 0 saturated carbocycles. The first-order chi connectivity index (χ1) is 10.0. The Balaban J connectivity index is 2.15. The Hall–Kier alpha value is -2.48. The van der Waals surface area contributed by atoms with E-state index in [2.05, 4.69) is 32.6 Å². The lowest BCUT2D eigenvalue weighted by Gasteiger charge is -2.09. The van der Waals surface area contributed by atoms with Gasteiger partial charge in [-0.1, -0.05) is 62.9 Å². The molecule has 0 fully saturated rings. The van der Waals surface area contributed by atoms with Crippen molar-refractivity contribution in [1.29, 1.82) is 0 Å². The zero-order valence-corrected chi connectivity index (χ0v) is 12.1. The van der Waals surface area contributed by atoms with Gasteiger partial charge < -0.3 is 0 Å². The van der Waals surface area contributed by atoms with E-state index in [1.807, 2.05) is 24.3 Å². The molecule has 0 N–H and O–H groups in total. The van der Waals surface area contributed by atoms with Gasteiger partial charge in [0.25, 0.3) is 0 Å². The highest BCUT2D eigenvalue weighted by atomic mass is 16.2. The molecule has 0 unspecified atom stereocenters. The van der Waals surface area contributed by atoms with E-state index in [0.717, 1.165) is 11.1 Å². The van der Waals surface area contributed by atoms with E-state index in [9.17, 15) is 9.59 Å². The molecular formula is C19H16O2. The number of carbonyl (C=O) groups is 2. The van der Waals surface area contributed by atoms with Crippen molar-refractivity contribution in [1.82, 2.24) is 0 Å². The first-order valence-electron chi connectivity index (χ1n) is 7.02. The molecule has 1 aliphatic carbocycles. The minimum atomic E-state index is -0.254. The summed E-state index contributed by atoms with van der Waals surface area (Å²) in [5.74, 6) is -0.0438. The zero-order valence-electron chi connectivity index (χ0n) is 12.1. The SMILES string of the molecule is C=C1C(=O)c2cccc(-c3ccc(C(C)C)cc3)c2C1=O. The average molecular weight is 276 g/mol. The van der Waals surface area contributed by atoms with Crippen LogP contribution in [0.2, 0.25) is 0 Å². The third kappa shape index (κ3) is 2.04. The van der Waals surface area contributed by atoms with Gasteiger partial charge in [-0.3, -0.25) is 9.59 Å². The average Bonchev–Trinajstić information content (AvgIpc) is 2.72. The molecule has 0 radical (unpaired) electrons. The molecule has 0 spiro atoms. The van der Waals surface area contributed by atoms with Crippen molar-refractivity contribution in [2.24, 2.45) is 0 Å². The van der Waals surface area contributed by atoms with Gasteiger partial charge in [-0.05, 0) is 22.6 Å². The molecule has 0 amide bonds. The molecule has 21 heavy (non-hydrogen) atoms. The highest BCUT2D eigenvalue weighted by molar-refractivity contribution is 6.40. The second kappa shape index (κ2) is 4.81. The van der Waals surface area contributed by atoms with Crippen molar-refractivity contribution in [2.75, 3.05) is 0 Å². The molecule has 1 aliphatic rings. The summed E-state index contributed by atoms with van der Waals surface area (Å²) in [6.07, 6.45) is 0. The number of hydrogen-bond acceptors (Lipinski definition) is 2. The van der Waals surface area contributed by atoms with E-state index in [4.69, 9.17) is 0 Å². The van der Waals surface area contributed by atoms with Crippen molar-refractivity contribution < 1.29 is 9.59 Å². The maximum atomic E-state index is 12.3. The highest BCUT2D eigenvalue weighted by Gasteiger charge is 2.33. The summed E-state index contributed by atoms with van der Waals surface area (Å²) < 4.78 is 0. The predicted octanol–water partition coefficient (Wildman–Crippen LogP) is 4.41. The van der Waals surface area contributed by atoms with Crippen LogP contribution < -0.4 is 0 Å². The predicted molar refractivity (Wildman–Crippen MR) is 83.8 cm³/mol. The second-order valence-electron chi connectivity index (χ2n) is 5.64. The summed E-state index contributed by atoms with van der Waals surface area (Å²) in [6.45, 7) is 7.88. The molecule has 0 aliphatic heterocycles. The van der Waals surface area contributed by atoms with Crippen LogP contribution in [0.15, 0.2) is 54.6 Å². The number of carbonyl (C=O) groups excluding carboxylic acids is 2. The van der Waals surface area contributed by atoms with E-state index < -0.39 is 0 Å². The second-order valence-corrected chi connectivity index (χ2v) is 5.64. The Labute approximate surface area is 124 Å². The Morgan fingerprint density at radius 3 is 2.10 bits per heavy atom. The van der Waals surface area contributed by atoms with Gasteiger partial charge >= 0.3 is 0 Å². The minimum Gasteiger partial charge on any atom is -0.288 e. The largest absolute Gasteiger partial charge is 0.288 e. The Bertz CT molecular complexity index is 765. The Kier molecular flexibility index (Phi) is 3.09. The van der Waals surface area contributed by atoms with Crippen LogP contribution in [0.1, 0.15) is 46.0 Å². The molecule has 0 saturated heterocycles. The van der Waals surface area contributed by atoms with E-state index in [1.54, 1.807) is 6.07 Å². The number of benzene rings is 2. The van der Waals surface area contributed by atoms with E-state index in [-0.39, 0.29) is 17.1 Å². The molecule has 2 aromatic rings. The van der Waals surface area contributed by atoms with Crippen LogP contribution in [0.5, 0.6) is 0 Å². The minimum absolute atomic E-state index is 0.0660. The fourth-order valence-electron chi connectivity index (χ4n) is 2.69. The standard InChI is InChI=1S/C19H16O2/c1-11(2)13-7-9-14(10-8-13)15-5-4-6-16-17(15)19(21)12(3)18(16)20/h4-11H,3H2,1-2H3. The molecular weight excluding hydrogens is 260 g/mol. The van der Waals surface area contributed by atoms with Gasteiger partial charge in [0, 0.05) is 11.1 Å². The molecule has 3 rings (SSSR count). The van der Waals surface area contributed by atoms with Gasteiger partial charge in [0.2, 0.25) is 0 Å². The highest BCUT2D eigenvalue weighted by Crippen LogP contribution is 2.34. The number of allylic oxidation sites excluding steroid dienone is 1. The van der Waals surface area contributed by atoms with Crippen molar-refractivity contribution in [3.05, 3.63) is 71.3 Å². The summed E-state index contributed by atoms with van der Waals surface area (Å²) in [4.78, 5) is 24.3. The molecule has 0 aromatic heterocycles. The van der Waals surface area contributed by atoms with Crippen LogP contribution in [-0.2, 0) is 0 Å². The van der Waals surface area contributed by atoms with Crippen molar-refractivity contribution >= 4 is 11.6 Å². The van der Waals surface area contributed by atoms with E-state index in [0.29, 0.717) is 17.0 Å². The monoisotopic (exact) mass is 276 g/mol. The quantitative estimate of drug-likeness (QED) is 0.601. The fourth-order valence-corrected chi connectivity index (χ4v) is 2.69.